The minimum Gasteiger partial charge on any atom is -0.477 e. The van der Waals surface area contributed by atoms with Gasteiger partial charge in [0.15, 0.2) is 5.71 Å². The lowest BCUT2D eigenvalue weighted by molar-refractivity contribution is -0.150. The zero-order chi connectivity index (χ0) is 22.7. The number of oxazole rings is 1. The van der Waals surface area contributed by atoms with Gasteiger partial charge in [0.2, 0.25) is 0 Å². The predicted octanol–water partition coefficient (Wildman–Crippen LogP) is -0.701. The highest BCUT2D eigenvalue weighted by Gasteiger charge is 2.54. The summed E-state index contributed by atoms with van der Waals surface area (Å²) in [6.45, 7) is 2.80. The number of nitrogens with zero attached hydrogens (tertiary/aromatic N) is 3. The molecule has 3 rings (SSSR count). The van der Waals surface area contributed by atoms with Crippen LogP contribution in [0.4, 0.5) is 6.01 Å². The van der Waals surface area contributed by atoms with Gasteiger partial charge < -0.3 is 30.1 Å². The van der Waals surface area contributed by atoms with Crippen LogP contribution < -0.4 is 11.1 Å². The smallest absolute Gasteiger partial charge is 0.352 e. The Kier molecular flexibility index (Phi) is 6.48. The molecule has 3 heterocycles. The molecule has 166 valence electrons. The Labute approximate surface area is 179 Å². The number of aromatic nitrogens is 1. The summed E-state index contributed by atoms with van der Waals surface area (Å²) in [5.74, 6) is -3.10. The quantitative estimate of drug-likeness (QED) is 0.195. The molecule has 4 N–H and O–H groups in total. The van der Waals surface area contributed by atoms with Crippen molar-refractivity contribution < 1.29 is 38.3 Å². The molecule has 0 spiro atoms. The fourth-order valence-electron chi connectivity index (χ4n) is 2.92. The van der Waals surface area contributed by atoms with Gasteiger partial charge in [0, 0.05) is 18.2 Å². The molecule has 2 aliphatic rings. The van der Waals surface area contributed by atoms with Gasteiger partial charge in [0.05, 0.1) is 0 Å². The number of β-lactam (4-membered cyclic amide) rings is 1. The molecule has 0 unspecified atom stereocenters. The predicted molar refractivity (Wildman–Crippen MR) is 105 cm³/mol. The van der Waals surface area contributed by atoms with E-state index in [-0.39, 0.29) is 42.1 Å². The van der Waals surface area contributed by atoms with E-state index in [1.807, 2.05) is 0 Å². The Morgan fingerprint density at radius 1 is 1.48 bits per heavy atom. The first kappa shape index (κ1) is 22.1. The first-order chi connectivity index (χ1) is 14.7. The second-order valence-corrected chi connectivity index (χ2v) is 7.43. The lowest BCUT2D eigenvalue weighted by Crippen LogP contribution is -2.71. The van der Waals surface area contributed by atoms with Crippen LogP contribution in [0.5, 0.6) is 0 Å². The zero-order valence-electron chi connectivity index (χ0n) is 16.5. The van der Waals surface area contributed by atoms with Gasteiger partial charge in [-0.1, -0.05) is 5.16 Å². The highest BCUT2D eigenvalue weighted by molar-refractivity contribution is 8.00. The molecule has 0 aliphatic carbocycles. The molecule has 2 amide bonds. The third-order valence-corrected chi connectivity index (χ3v) is 5.59. The van der Waals surface area contributed by atoms with Crippen LogP contribution in [0, 0.1) is 0 Å². The van der Waals surface area contributed by atoms with Gasteiger partial charge in [-0.3, -0.25) is 19.3 Å². The Bertz CT molecular complexity index is 987. The molecule has 13 nitrogen and oxygen atoms in total. The molecule has 2 atom stereocenters. The second kappa shape index (κ2) is 9.07. The van der Waals surface area contributed by atoms with Crippen LogP contribution in [-0.4, -0.2) is 74.8 Å². The van der Waals surface area contributed by atoms with E-state index >= 15 is 0 Å². The van der Waals surface area contributed by atoms with E-state index in [1.165, 1.54) is 18.7 Å². The number of hydrogen-bond donors (Lipinski definition) is 3. The normalized spacial score (nSPS) is 20.6. The minimum absolute atomic E-state index is 0.0122. The summed E-state index contributed by atoms with van der Waals surface area (Å²) in [6.07, 6.45) is 1.11. The maximum Gasteiger partial charge on any atom is 0.352 e. The lowest BCUT2D eigenvalue weighted by atomic mass is 10.0. The van der Waals surface area contributed by atoms with Gasteiger partial charge in [0.25, 0.3) is 17.8 Å². The van der Waals surface area contributed by atoms with Crippen molar-refractivity contribution in [3.05, 3.63) is 23.2 Å². The third kappa shape index (κ3) is 4.47. The highest BCUT2D eigenvalue weighted by Crippen LogP contribution is 2.40. The maximum atomic E-state index is 12.7. The molecule has 1 saturated heterocycles. The summed E-state index contributed by atoms with van der Waals surface area (Å²) in [5.41, 5.74) is 5.23. The largest absolute Gasteiger partial charge is 0.477 e. The Morgan fingerprint density at radius 3 is 2.81 bits per heavy atom. The molecule has 2 aliphatic heterocycles. The second-order valence-electron chi connectivity index (χ2n) is 6.33. The van der Waals surface area contributed by atoms with Crippen molar-refractivity contribution >= 4 is 47.2 Å². The number of nitrogens with two attached hydrogens (primary N) is 1. The number of amides is 2. The van der Waals surface area contributed by atoms with E-state index in [1.54, 1.807) is 6.92 Å². The number of nitrogens with one attached hydrogen (secondary N) is 1. The van der Waals surface area contributed by atoms with Crippen LogP contribution in [0.2, 0.25) is 0 Å². The highest BCUT2D eigenvalue weighted by atomic mass is 32.2. The van der Waals surface area contributed by atoms with E-state index in [4.69, 9.17) is 19.7 Å². The van der Waals surface area contributed by atoms with Crippen LogP contribution in [0.3, 0.4) is 0 Å². The maximum absolute atomic E-state index is 12.7. The van der Waals surface area contributed by atoms with Crippen molar-refractivity contribution in [1.82, 2.24) is 15.2 Å². The number of fused-ring (bicyclic) bond motifs is 1. The van der Waals surface area contributed by atoms with Crippen molar-refractivity contribution in [2.75, 3.05) is 24.7 Å². The van der Waals surface area contributed by atoms with Crippen LogP contribution in [0.15, 0.2) is 27.1 Å². The number of carboxylic acid groups (broad SMARTS) is 1. The van der Waals surface area contributed by atoms with Crippen molar-refractivity contribution in [2.24, 2.45) is 5.16 Å². The van der Waals surface area contributed by atoms with Crippen LogP contribution in [0.1, 0.15) is 19.5 Å². The summed E-state index contributed by atoms with van der Waals surface area (Å²) < 4.78 is 9.76. The van der Waals surface area contributed by atoms with Crippen LogP contribution in [0.25, 0.3) is 0 Å². The summed E-state index contributed by atoms with van der Waals surface area (Å²) in [6, 6.07) is -1.18. The van der Waals surface area contributed by atoms with Crippen molar-refractivity contribution in [1.29, 1.82) is 0 Å². The molecule has 1 aromatic heterocycles. The molecule has 1 fully saturated rings. The topological polar surface area (TPSA) is 187 Å². The number of oxime groups is 1. The summed E-state index contributed by atoms with van der Waals surface area (Å²) in [5, 5.41) is 15.1. The molecular formula is C17H19N5O8S. The van der Waals surface area contributed by atoms with Gasteiger partial charge in [0.1, 0.15) is 42.3 Å². The van der Waals surface area contributed by atoms with Gasteiger partial charge >= 0.3 is 11.9 Å². The molecule has 0 radical (unpaired) electrons. The molecule has 14 heteroatoms. The molecule has 0 saturated carbocycles. The number of rotatable bonds is 8. The fourth-order valence-corrected chi connectivity index (χ4v) is 4.25. The number of aliphatic carboxylic acids is 1. The number of ether oxygens (including phenoxy) is 1. The average molecular weight is 453 g/mol. The zero-order valence-corrected chi connectivity index (χ0v) is 17.3. The SMILES string of the molecule is CCON=C(C(=O)N[C@H]1C(=O)N2C(C(=O)O)=C(COC(C)=O)CS[C@H]12)c1coc(N)n1. The fraction of sp³-hybridized carbons (Fsp3) is 0.412. The van der Waals surface area contributed by atoms with E-state index in [9.17, 15) is 24.3 Å². The van der Waals surface area contributed by atoms with E-state index < -0.39 is 35.2 Å². The number of carbonyl (C=O) groups is 4. The molecule has 1 aromatic rings. The third-order valence-electron chi connectivity index (χ3n) is 4.25. The van der Waals surface area contributed by atoms with Gasteiger partial charge in [-0.15, -0.1) is 11.8 Å². The van der Waals surface area contributed by atoms with Crippen LogP contribution in [-0.2, 0) is 28.8 Å². The summed E-state index contributed by atoms with van der Waals surface area (Å²) >= 11 is 1.23. The first-order valence-electron chi connectivity index (χ1n) is 9.00. The number of thioether (sulfide) groups is 1. The number of carbonyl (C=O) groups excluding carboxylic acids is 3. The standard InChI is InChI=1S/C17H19N5O8S/c1-3-30-21-10(9-5-29-17(18)19-9)13(24)20-11-14(25)22-12(16(26)27)8(4-28-7(2)23)6-31-15(11)22/h5,11,15H,3-4,6H2,1-2H3,(H2,18,19)(H,20,24)(H,26,27)/t11-,15+/m0/s1. The van der Waals surface area contributed by atoms with Crippen LogP contribution >= 0.6 is 11.8 Å². The Morgan fingerprint density at radius 2 is 2.23 bits per heavy atom. The number of anilines is 1. The van der Waals surface area contributed by atoms with Crippen molar-refractivity contribution in [2.45, 2.75) is 25.3 Å². The number of esters is 1. The Balaban J connectivity index is 1.78. The minimum atomic E-state index is -1.33. The number of carboxylic acids is 1. The molecule has 0 bridgehead atoms. The van der Waals surface area contributed by atoms with E-state index in [0.29, 0.717) is 5.57 Å². The van der Waals surface area contributed by atoms with Gasteiger partial charge in [-0.05, 0) is 6.92 Å². The lowest BCUT2D eigenvalue weighted by Gasteiger charge is -2.49. The number of hydrogen-bond acceptors (Lipinski definition) is 11. The van der Waals surface area contributed by atoms with Gasteiger partial charge in [-0.2, -0.15) is 4.98 Å². The molecule has 31 heavy (non-hydrogen) atoms. The summed E-state index contributed by atoms with van der Waals surface area (Å²) in [4.78, 5) is 58.0. The summed E-state index contributed by atoms with van der Waals surface area (Å²) in [7, 11) is 0. The monoisotopic (exact) mass is 453 g/mol. The van der Waals surface area contributed by atoms with Crippen molar-refractivity contribution in [3.63, 3.8) is 0 Å². The van der Waals surface area contributed by atoms with Gasteiger partial charge in [-0.25, -0.2) is 4.79 Å². The van der Waals surface area contributed by atoms with E-state index in [0.717, 1.165) is 11.2 Å². The average Bonchev–Trinajstić information content (AvgIpc) is 3.15. The van der Waals surface area contributed by atoms with E-state index in [2.05, 4.69) is 15.5 Å². The molecule has 0 aromatic carbocycles. The van der Waals surface area contributed by atoms with Crippen molar-refractivity contribution in [3.8, 4) is 0 Å². The first-order valence-corrected chi connectivity index (χ1v) is 10.0. The Hall–Kier alpha value is -3.55. The number of nitrogen functional groups attached to an aromatic ring is 1. The molecular weight excluding hydrogens is 434 g/mol.